The molecular formula is C18H11BrF5NO3S. The summed E-state index contributed by atoms with van der Waals surface area (Å²) in [6.45, 7) is 0. The van der Waals surface area contributed by atoms with E-state index in [1.807, 2.05) is 0 Å². The van der Waals surface area contributed by atoms with Crippen molar-refractivity contribution in [1.82, 2.24) is 4.98 Å². The van der Waals surface area contributed by atoms with Gasteiger partial charge >= 0.3 is 6.18 Å². The van der Waals surface area contributed by atoms with Crippen molar-refractivity contribution < 1.29 is 35.2 Å². The number of carbonyl (C=O) groups is 1. The Morgan fingerprint density at radius 1 is 1.07 bits per heavy atom. The molecule has 1 aliphatic carbocycles. The minimum atomic E-state index is -4.75. The first kappa shape index (κ1) is 21.6. The average Bonchev–Trinajstić information content (AvgIpc) is 2.64. The summed E-state index contributed by atoms with van der Waals surface area (Å²) in [4.78, 5) is 14.5. The lowest BCUT2D eigenvalue weighted by atomic mass is 9.86. The third-order valence-corrected chi connectivity index (χ3v) is 7.36. The van der Waals surface area contributed by atoms with Crippen molar-refractivity contribution in [1.29, 1.82) is 0 Å². The van der Waals surface area contributed by atoms with Crippen LogP contribution in [0.5, 0.6) is 0 Å². The van der Waals surface area contributed by atoms with Gasteiger partial charge in [-0.3, -0.25) is 9.78 Å². The molecule has 0 bridgehead atoms. The molecule has 0 aliphatic heterocycles. The molecule has 0 saturated heterocycles. The van der Waals surface area contributed by atoms with Crippen LogP contribution in [0.1, 0.15) is 23.6 Å². The third kappa shape index (κ3) is 4.11. The van der Waals surface area contributed by atoms with Gasteiger partial charge in [0.25, 0.3) is 0 Å². The Bertz CT molecular complexity index is 1100. The van der Waals surface area contributed by atoms with Gasteiger partial charge in [0, 0.05) is 24.1 Å². The molecule has 1 aliphatic rings. The molecule has 154 valence electrons. The molecule has 4 nitrogen and oxygen atoms in total. The van der Waals surface area contributed by atoms with Crippen molar-refractivity contribution in [2.24, 2.45) is 0 Å². The molecule has 2 aromatic rings. The second kappa shape index (κ2) is 7.60. The number of halogens is 6. The number of rotatable bonds is 3. The Kier molecular flexibility index (Phi) is 5.65. The largest absolute Gasteiger partial charge is 0.433 e. The first-order valence-electron chi connectivity index (χ1n) is 8.04. The number of hydrogen-bond donors (Lipinski definition) is 0. The average molecular weight is 496 g/mol. The molecule has 0 saturated carbocycles. The lowest BCUT2D eigenvalue weighted by Gasteiger charge is -2.28. The van der Waals surface area contributed by atoms with E-state index in [4.69, 9.17) is 0 Å². The Labute approximate surface area is 170 Å². The van der Waals surface area contributed by atoms with E-state index in [-0.39, 0.29) is 10.0 Å². The maximum Gasteiger partial charge on any atom is 0.433 e. The van der Waals surface area contributed by atoms with E-state index in [0.29, 0.717) is 12.3 Å². The van der Waals surface area contributed by atoms with Crippen LogP contribution in [-0.4, -0.2) is 24.4 Å². The summed E-state index contributed by atoms with van der Waals surface area (Å²) in [5, 5.41) is -1.51. The van der Waals surface area contributed by atoms with Crippen LogP contribution in [0, 0.1) is 11.6 Å². The maximum absolute atomic E-state index is 14.4. The second-order valence-electron chi connectivity index (χ2n) is 6.28. The standard InChI is InChI=1S/C18H11BrF5NO3S/c19-17-13(21)4-3-12(20)16(17)11-7-9(26)1-5-14(11)29(27,28)10-2-6-15(25-8-10)18(22,23)24/h1-6,8,11,14H,7H2. The van der Waals surface area contributed by atoms with Crippen molar-refractivity contribution in [2.45, 2.75) is 28.7 Å². The van der Waals surface area contributed by atoms with Gasteiger partial charge in [-0.25, -0.2) is 17.2 Å². The van der Waals surface area contributed by atoms with Crippen molar-refractivity contribution in [3.63, 3.8) is 0 Å². The van der Waals surface area contributed by atoms with Crippen molar-refractivity contribution in [2.75, 3.05) is 0 Å². The van der Waals surface area contributed by atoms with Gasteiger partial charge in [-0.2, -0.15) is 13.2 Å². The normalized spacial score (nSPS) is 20.1. The second-order valence-corrected chi connectivity index (χ2v) is 9.18. The van der Waals surface area contributed by atoms with Gasteiger partial charge < -0.3 is 0 Å². The zero-order valence-corrected chi connectivity index (χ0v) is 16.7. The van der Waals surface area contributed by atoms with E-state index in [2.05, 4.69) is 20.9 Å². The lowest BCUT2D eigenvalue weighted by Crippen LogP contribution is -2.32. The van der Waals surface area contributed by atoms with Gasteiger partial charge in [0.05, 0.1) is 14.6 Å². The van der Waals surface area contributed by atoms with Crippen LogP contribution in [0.3, 0.4) is 0 Å². The number of nitrogens with zero attached hydrogens (tertiary/aromatic N) is 1. The zero-order valence-electron chi connectivity index (χ0n) is 14.3. The number of alkyl halides is 3. The summed E-state index contributed by atoms with van der Waals surface area (Å²) >= 11 is 2.89. The van der Waals surface area contributed by atoms with E-state index in [1.54, 1.807) is 0 Å². The summed E-state index contributed by atoms with van der Waals surface area (Å²) in [7, 11) is -4.37. The summed E-state index contributed by atoms with van der Waals surface area (Å²) in [6.07, 6.45) is -2.59. The molecular weight excluding hydrogens is 485 g/mol. The first-order chi connectivity index (χ1) is 13.4. The number of ketones is 1. The monoisotopic (exact) mass is 495 g/mol. The molecule has 1 aromatic carbocycles. The quantitative estimate of drug-likeness (QED) is 0.461. The van der Waals surface area contributed by atoms with Crippen LogP contribution >= 0.6 is 15.9 Å². The van der Waals surface area contributed by atoms with Crippen LogP contribution in [0.25, 0.3) is 0 Å². The Balaban J connectivity index is 2.10. The summed E-state index contributed by atoms with van der Waals surface area (Å²) < 4.78 is 92.1. The number of carbonyl (C=O) groups excluding carboxylic acids is 1. The number of aromatic nitrogens is 1. The fourth-order valence-corrected chi connectivity index (χ4v) is 5.42. The smallest absolute Gasteiger partial charge is 0.295 e. The highest BCUT2D eigenvalue weighted by Crippen LogP contribution is 2.40. The molecule has 3 rings (SSSR count). The van der Waals surface area contributed by atoms with Crippen molar-refractivity contribution in [3.8, 4) is 0 Å². The highest BCUT2D eigenvalue weighted by Gasteiger charge is 2.40. The van der Waals surface area contributed by atoms with Crippen molar-refractivity contribution >= 4 is 31.6 Å². The van der Waals surface area contributed by atoms with Gasteiger partial charge in [0.1, 0.15) is 17.3 Å². The highest BCUT2D eigenvalue weighted by atomic mass is 79.9. The molecule has 0 spiro atoms. The molecule has 11 heteroatoms. The number of benzene rings is 1. The highest BCUT2D eigenvalue weighted by molar-refractivity contribution is 9.10. The molecule has 0 fully saturated rings. The topological polar surface area (TPSA) is 64.1 Å². The Morgan fingerprint density at radius 2 is 1.72 bits per heavy atom. The summed E-state index contributed by atoms with van der Waals surface area (Å²) in [5.41, 5.74) is -1.61. The van der Waals surface area contributed by atoms with Gasteiger partial charge in [0.15, 0.2) is 15.6 Å². The third-order valence-electron chi connectivity index (χ3n) is 4.45. The maximum atomic E-state index is 14.4. The molecule has 0 N–H and O–H groups in total. The predicted octanol–water partition coefficient (Wildman–Crippen LogP) is 4.60. The molecule has 2 unspecified atom stereocenters. The van der Waals surface area contributed by atoms with Gasteiger partial charge in [-0.1, -0.05) is 6.08 Å². The van der Waals surface area contributed by atoms with Gasteiger partial charge in [-0.15, -0.1) is 0 Å². The fourth-order valence-electron chi connectivity index (χ4n) is 3.08. The van der Waals surface area contributed by atoms with Crippen LogP contribution in [0.15, 0.2) is 52.0 Å². The Morgan fingerprint density at radius 3 is 2.31 bits per heavy atom. The van der Waals surface area contributed by atoms with E-state index >= 15 is 0 Å². The van der Waals surface area contributed by atoms with Crippen LogP contribution < -0.4 is 0 Å². The summed E-state index contributed by atoms with van der Waals surface area (Å²) in [5.74, 6) is -3.56. The molecule has 1 aromatic heterocycles. The van der Waals surface area contributed by atoms with E-state index in [0.717, 1.165) is 30.4 Å². The number of pyridine rings is 1. The molecule has 0 amide bonds. The summed E-state index contributed by atoms with van der Waals surface area (Å²) in [6, 6.07) is 2.90. The lowest BCUT2D eigenvalue weighted by molar-refractivity contribution is -0.141. The van der Waals surface area contributed by atoms with Crippen LogP contribution in [0.2, 0.25) is 0 Å². The first-order valence-corrected chi connectivity index (χ1v) is 10.4. The van der Waals surface area contributed by atoms with Gasteiger partial charge in [0.2, 0.25) is 0 Å². The van der Waals surface area contributed by atoms with Crippen LogP contribution in [0.4, 0.5) is 22.0 Å². The van der Waals surface area contributed by atoms with Gasteiger partial charge in [-0.05, 0) is 46.3 Å². The zero-order chi connectivity index (χ0) is 21.6. The minimum absolute atomic E-state index is 0.323. The Hall–Kier alpha value is -2.14. The molecule has 0 radical (unpaired) electrons. The number of sulfone groups is 1. The molecule has 29 heavy (non-hydrogen) atoms. The molecule has 2 atom stereocenters. The fraction of sp³-hybridized carbons (Fsp3) is 0.222. The number of allylic oxidation sites excluding steroid dienone is 1. The van der Waals surface area contributed by atoms with E-state index < -0.39 is 61.6 Å². The molecule has 1 heterocycles. The SMILES string of the molecule is O=C1C=CC(S(=O)(=O)c2ccc(C(F)(F)F)nc2)C(c2c(F)ccc(F)c2Br)C1. The predicted molar refractivity (Wildman–Crippen MR) is 95.8 cm³/mol. The van der Waals surface area contributed by atoms with E-state index in [9.17, 15) is 35.2 Å². The van der Waals surface area contributed by atoms with Crippen molar-refractivity contribution in [3.05, 3.63) is 70.0 Å². The number of hydrogen-bond acceptors (Lipinski definition) is 4. The van der Waals surface area contributed by atoms with Crippen LogP contribution in [-0.2, 0) is 20.8 Å². The van der Waals surface area contributed by atoms with E-state index in [1.165, 1.54) is 0 Å². The minimum Gasteiger partial charge on any atom is -0.295 e.